The molecule has 0 bridgehead atoms. The summed E-state index contributed by atoms with van der Waals surface area (Å²) < 4.78 is 2.11. The highest BCUT2D eigenvalue weighted by Crippen LogP contribution is 2.21. The van der Waals surface area contributed by atoms with Crippen LogP contribution < -0.4 is 0 Å². The van der Waals surface area contributed by atoms with Gasteiger partial charge in [0, 0.05) is 35.1 Å². The summed E-state index contributed by atoms with van der Waals surface area (Å²) in [5, 5.41) is 0. The second-order valence-electron chi connectivity index (χ2n) is 6.74. The van der Waals surface area contributed by atoms with E-state index < -0.39 is 0 Å². The number of nitrogens with zero attached hydrogens (tertiary/aromatic N) is 2. The van der Waals surface area contributed by atoms with Gasteiger partial charge in [-0.2, -0.15) is 0 Å². The van der Waals surface area contributed by atoms with Crippen molar-refractivity contribution in [1.29, 1.82) is 0 Å². The van der Waals surface area contributed by atoms with E-state index in [1.807, 2.05) is 26.0 Å². The van der Waals surface area contributed by atoms with Crippen LogP contribution >= 0.6 is 0 Å². The SMILES string of the molecule is C=C(/C=C(C)/C(=C\C)C(=O)CC(CC)N(C)CC)n1c(C)ccc1C. The number of aryl methyl sites for hydroxylation is 2. The largest absolute Gasteiger partial charge is 0.319 e. The van der Waals surface area contributed by atoms with Crippen LogP contribution in [0.3, 0.4) is 0 Å². The Labute approximate surface area is 153 Å². The zero-order chi connectivity index (χ0) is 19.1. The maximum atomic E-state index is 12.8. The molecule has 1 aromatic heterocycles. The molecular weight excluding hydrogens is 308 g/mol. The molecule has 138 valence electrons. The summed E-state index contributed by atoms with van der Waals surface area (Å²) in [5.74, 6) is 0.206. The molecule has 0 N–H and O–H groups in total. The normalized spacial score (nSPS) is 14.1. The van der Waals surface area contributed by atoms with Crippen LogP contribution in [0.4, 0.5) is 0 Å². The summed E-state index contributed by atoms with van der Waals surface area (Å²) in [5.41, 5.74) is 4.96. The molecule has 25 heavy (non-hydrogen) atoms. The summed E-state index contributed by atoms with van der Waals surface area (Å²) in [7, 11) is 2.08. The molecule has 0 saturated carbocycles. The van der Waals surface area contributed by atoms with E-state index >= 15 is 0 Å². The van der Waals surface area contributed by atoms with E-state index in [-0.39, 0.29) is 11.8 Å². The van der Waals surface area contributed by atoms with E-state index in [1.165, 1.54) is 0 Å². The molecule has 0 aromatic carbocycles. The standard InChI is InChI=1S/C22H34N2O/c1-9-20(23(8)11-3)15-22(25)21(10-2)16(4)14-19(7)24-17(5)12-13-18(24)6/h10,12-14,20H,7,9,11,15H2,1-6,8H3/b16-14+,21-10+. The van der Waals surface area contributed by atoms with E-state index in [9.17, 15) is 4.79 Å². The molecule has 3 heteroatoms. The van der Waals surface area contributed by atoms with Gasteiger partial charge in [-0.05, 0) is 71.5 Å². The molecule has 1 rings (SSSR count). The Hall–Kier alpha value is -1.87. The molecule has 0 radical (unpaired) electrons. The Morgan fingerprint density at radius 2 is 1.84 bits per heavy atom. The molecule has 0 spiro atoms. The molecule has 1 aromatic rings. The van der Waals surface area contributed by atoms with Crippen molar-refractivity contribution >= 4 is 11.5 Å². The van der Waals surface area contributed by atoms with E-state index in [0.717, 1.165) is 41.2 Å². The average molecular weight is 343 g/mol. The molecule has 0 aliphatic rings. The average Bonchev–Trinajstić information content (AvgIpc) is 2.91. The minimum absolute atomic E-state index is 0.206. The zero-order valence-corrected chi connectivity index (χ0v) is 17.0. The first-order chi connectivity index (χ1) is 11.8. The highest BCUT2D eigenvalue weighted by atomic mass is 16.1. The number of Topliss-reactive ketones (excluding diaryl/α,β-unsaturated/α-hetero) is 1. The predicted molar refractivity (Wildman–Crippen MR) is 109 cm³/mol. The van der Waals surface area contributed by atoms with E-state index in [4.69, 9.17) is 0 Å². The first-order valence-corrected chi connectivity index (χ1v) is 9.19. The fraction of sp³-hybridized carbons (Fsp3) is 0.500. The highest BCUT2D eigenvalue weighted by molar-refractivity contribution is 6.00. The summed E-state index contributed by atoms with van der Waals surface area (Å²) in [4.78, 5) is 15.1. The van der Waals surface area contributed by atoms with Crippen LogP contribution in [0.25, 0.3) is 5.70 Å². The first kappa shape index (κ1) is 21.2. The van der Waals surface area contributed by atoms with Crippen LogP contribution in [0.5, 0.6) is 0 Å². The Balaban J connectivity index is 2.99. The lowest BCUT2D eigenvalue weighted by Gasteiger charge is -2.25. The molecule has 0 amide bonds. The van der Waals surface area contributed by atoms with Crippen LogP contribution in [0.15, 0.2) is 42.0 Å². The lowest BCUT2D eigenvalue weighted by Crippen LogP contribution is -2.33. The van der Waals surface area contributed by atoms with Crippen LogP contribution in [-0.4, -0.2) is 34.9 Å². The maximum Gasteiger partial charge on any atom is 0.164 e. The van der Waals surface area contributed by atoms with E-state index in [1.54, 1.807) is 0 Å². The van der Waals surface area contributed by atoms with Gasteiger partial charge in [0.2, 0.25) is 0 Å². The van der Waals surface area contributed by atoms with Gasteiger partial charge >= 0.3 is 0 Å². The molecular formula is C22H34N2O. The third-order valence-electron chi connectivity index (χ3n) is 4.97. The van der Waals surface area contributed by atoms with Crippen LogP contribution in [-0.2, 0) is 4.79 Å². The van der Waals surface area contributed by atoms with Crippen molar-refractivity contribution in [3.63, 3.8) is 0 Å². The number of carbonyl (C=O) groups excluding carboxylic acids is 1. The molecule has 1 heterocycles. The van der Waals surface area contributed by atoms with Crippen molar-refractivity contribution in [3.8, 4) is 0 Å². The summed E-state index contributed by atoms with van der Waals surface area (Å²) in [6.07, 6.45) is 5.47. The fourth-order valence-electron chi connectivity index (χ4n) is 3.32. The quantitative estimate of drug-likeness (QED) is 0.457. The first-order valence-electron chi connectivity index (χ1n) is 9.19. The number of hydrogen-bond acceptors (Lipinski definition) is 2. The van der Waals surface area contributed by atoms with Gasteiger partial charge in [-0.25, -0.2) is 0 Å². The number of ketones is 1. The van der Waals surface area contributed by atoms with Gasteiger partial charge in [0.05, 0.1) is 0 Å². The number of rotatable bonds is 9. The second kappa shape index (κ2) is 9.57. The van der Waals surface area contributed by atoms with Crippen molar-refractivity contribution in [2.24, 2.45) is 0 Å². The summed E-state index contributed by atoms with van der Waals surface area (Å²) >= 11 is 0. The smallest absolute Gasteiger partial charge is 0.164 e. The minimum Gasteiger partial charge on any atom is -0.319 e. The predicted octanol–water partition coefficient (Wildman–Crippen LogP) is 5.16. The van der Waals surface area contributed by atoms with Crippen molar-refractivity contribution in [1.82, 2.24) is 9.47 Å². The number of allylic oxidation sites excluding steroid dienone is 5. The highest BCUT2D eigenvalue weighted by Gasteiger charge is 2.19. The van der Waals surface area contributed by atoms with Gasteiger partial charge in [-0.15, -0.1) is 0 Å². The zero-order valence-electron chi connectivity index (χ0n) is 17.0. The number of aromatic nitrogens is 1. The summed E-state index contributed by atoms with van der Waals surface area (Å²) in [6.45, 7) is 17.5. The van der Waals surface area contributed by atoms with Crippen molar-refractivity contribution in [2.75, 3.05) is 13.6 Å². The third-order valence-corrected chi connectivity index (χ3v) is 4.97. The van der Waals surface area contributed by atoms with Crippen LogP contribution in [0.1, 0.15) is 51.9 Å². The minimum atomic E-state index is 0.206. The Morgan fingerprint density at radius 1 is 1.28 bits per heavy atom. The Morgan fingerprint density at radius 3 is 2.28 bits per heavy atom. The van der Waals surface area contributed by atoms with Gasteiger partial charge in [0.25, 0.3) is 0 Å². The topological polar surface area (TPSA) is 25.2 Å². The lowest BCUT2D eigenvalue weighted by molar-refractivity contribution is -0.116. The lowest BCUT2D eigenvalue weighted by atomic mass is 9.95. The van der Waals surface area contributed by atoms with Gasteiger partial charge < -0.3 is 9.47 Å². The van der Waals surface area contributed by atoms with E-state index in [0.29, 0.717) is 6.42 Å². The Bertz CT molecular complexity index is 657. The molecule has 0 saturated heterocycles. The second-order valence-corrected chi connectivity index (χ2v) is 6.74. The van der Waals surface area contributed by atoms with Gasteiger partial charge in [-0.3, -0.25) is 4.79 Å². The number of hydrogen-bond donors (Lipinski definition) is 0. The molecule has 1 atom stereocenters. The van der Waals surface area contributed by atoms with Gasteiger partial charge in [0.1, 0.15) is 0 Å². The van der Waals surface area contributed by atoms with Crippen molar-refractivity contribution in [2.45, 2.75) is 60.4 Å². The van der Waals surface area contributed by atoms with Crippen molar-refractivity contribution in [3.05, 3.63) is 53.4 Å². The molecule has 3 nitrogen and oxygen atoms in total. The summed E-state index contributed by atoms with van der Waals surface area (Å²) in [6, 6.07) is 4.45. The molecule has 1 unspecified atom stereocenters. The van der Waals surface area contributed by atoms with Crippen LogP contribution in [0.2, 0.25) is 0 Å². The third kappa shape index (κ3) is 5.30. The number of carbonyl (C=O) groups is 1. The molecule has 0 fully saturated rings. The molecule has 0 aliphatic carbocycles. The van der Waals surface area contributed by atoms with Crippen molar-refractivity contribution < 1.29 is 4.79 Å². The van der Waals surface area contributed by atoms with E-state index in [2.05, 4.69) is 62.9 Å². The van der Waals surface area contributed by atoms with Gasteiger partial charge in [0.15, 0.2) is 5.78 Å². The maximum absolute atomic E-state index is 12.8. The Kier molecular flexibility index (Phi) is 8.11. The van der Waals surface area contributed by atoms with Gasteiger partial charge in [-0.1, -0.05) is 26.5 Å². The molecule has 0 aliphatic heterocycles. The monoisotopic (exact) mass is 342 g/mol. The fourth-order valence-corrected chi connectivity index (χ4v) is 3.32. The van der Waals surface area contributed by atoms with Crippen LogP contribution in [0, 0.1) is 13.8 Å².